The first kappa shape index (κ1) is 12.2. The molecular formula is C14H7BrN2OS. The number of ketones is 1. The standard InChI is InChI=1S/C14H7BrN2OS/c15-11-3-4-19-14(11)13(18)10-7-17-12-2-1-8(6-16)5-9(10)12/h1-5,7,17H. The van der Waals surface area contributed by atoms with E-state index in [9.17, 15) is 4.79 Å². The van der Waals surface area contributed by atoms with Crippen molar-refractivity contribution < 1.29 is 4.79 Å². The van der Waals surface area contributed by atoms with Crippen LogP contribution in [0.3, 0.4) is 0 Å². The molecule has 3 rings (SSSR count). The van der Waals surface area contributed by atoms with Crippen molar-refractivity contribution in [2.75, 3.05) is 0 Å². The summed E-state index contributed by atoms with van der Waals surface area (Å²) in [6, 6.07) is 9.22. The van der Waals surface area contributed by atoms with E-state index in [1.807, 2.05) is 17.5 Å². The lowest BCUT2D eigenvalue weighted by Gasteiger charge is -1.98. The van der Waals surface area contributed by atoms with Crippen LogP contribution in [0.15, 0.2) is 40.3 Å². The van der Waals surface area contributed by atoms with Crippen LogP contribution in [-0.4, -0.2) is 10.8 Å². The first-order chi connectivity index (χ1) is 9.20. The number of carbonyl (C=O) groups excluding carboxylic acids is 1. The average Bonchev–Trinajstić information content (AvgIpc) is 3.03. The maximum absolute atomic E-state index is 12.5. The Bertz CT molecular complexity index is 825. The molecule has 0 spiro atoms. The topological polar surface area (TPSA) is 56.6 Å². The van der Waals surface area contributed by atoms with Crippen LogP contribution in [0.2, 0.25) is 0 Å². The minimum Gasteiger partial charge on any atom is -0.360 e. The third-order valence-corrected chi connectivity index (χ3v) is 4.72. The average molecular weight is 331 g/mol. The van der Waals surface area contributed by atoms with Crippen LogP contribution in [0.4, 0.5) is 0 Å². The van der Waals surface area contributed by atoms with Crippen LogP contribution in [0, 0.1) is 11.3 Å². The number of benzene rings is 1. The minimum atomic E-state index is -0.0387. The van der Waals surface area contributed by atoms with E-state index in [-0.39, 0.29) is 5.78 Å². The molecule has 1 N–H and O–H groups in total. The number of thiophene rings is 1. The van der Waals surface area contributed by atoms with E-state index in [4.69, 9.17) is 5.26 Å². The number of halogens is 1. The first-order valence-electron chi connectivity index (χ1n) is 5.49. The fraction of sp³-hybridized carbons (Fsp3) is 0. The second kappa shape index (κ2) is 4.65. The lowest BCUT2D eigenvalue weighted by Crippen LogP contribution is -1.98. The molecule has 5 heteroatoms. The molecule has 3 nitrogen and oxygen atoms in total. The number of fused-ring (bicyclic) bond motifs is 1. The molecule has 0 atom stereocenters. The zero-order valence-electron chi connectivity index (χ0n) is 9.61. The minimum absolute atomic E-state index is 0.0387. The number of aromatic nitrogens is 1. The Hall–Kier alpha value is -1.90. The maximum atomic E-state index is 12.5. The van der Waals surface area contributed by atoms with Gasteiger partial charge in [-0.25, -0.2) is 0 Å². The second-order valence-electron chi connectivity index (χ2n) is 4.00. The van der Waals surface area contributed by atoms with Crippen LogP contribution in [0.1, 0.15) is 20.8 Å². The van der Waals surface area contributed by atoms with E-state index >= 15 is 0 Å². The molecule has 0 saturated carbocycles. The molecule has 0 aliphatic carbocycles. The largest absolute Gasteiger partial charge is 0.360 e. The van der Waals surface area contributed by atoms with E-state index in [2.05, 4.69) is 27.0 Å². The Morgan fingerprint density at radius 3 is 2.89 bits per heavy atom. The van der Waals surface area contributed by atoms with Gasteiger partial charge in [0.25, 0.3) is 0 Å². The van der Waals surface area contributed by atoms with Crippen molar-refractivity contribution in [2.24, 2.45) is 0 Å². The molecule has 2 heterocycles. The van der Waals surface area contributed by atoms with E-state index in [1.165, 1.54) is 11.3 Å². The number of hydrogen-bond donors (Lipinski definition) is 1. The van der Waals surface area contributed by atoms with E-state index < -0.39 is 0 Å². The van der Waals surface area contributed by atoms with Crippen LogP contribution < -0.4 is 0 Å². The summed E-state index contributed by atoms with van der Waals surface area (Å²) in [5.74, 6) is -0.0387. The van der Waals surface area contributed by atoms with Gasteiger partial charge >= 0.3 is 0 Å². The fourth-order valence-electron chi connectivity index (χ4n) is 1.96. The van der Waals surface area contributed by atoms with Crippen molar-refractivity contribution in [1.29, 1.82) is 5.26 Å². The molecule has 0 aliphatic heterocycles. The number of nitriles is 1. The monoisotopic (exact) mass is 330 g/mol. The van der Waals surface area contributed by atoms with E-state index in [0.29, 0.717) is 16.0 Å². The van der Waals surface area contributed by atoms with Gasteiger partial charge in [-0.1, -0.05) is 0 Å². The van der Waals surface area contributed by atoms with Gasteiger partial charge in [0.1, 0.15) is 0 Å². The van der Waals surface area contributed by atoms with Crippen molar-refractivity contribution in [3.05, 3.63) is 56.3 Å². The van der Waals surface area contributed by atoms with Crippen molar-refractivity contribution >= 4 is 44.0 Å². The molecule has 19 heavy (non-hydrogen) atoms. The number of rotatable bonds is 2. The fourth-order valence-corrected chi connectivity index (χ4v) is 3.46. The Kier molecular flexibility index (Phi) is 2.97. The van der Waals surface area contributed by atoms with Gasteiger partial charge in [0.15, 0.2) is 0 Å². The van der Waals surface area contributed by atoms with Gasteiger partial charge in [0.2, 0.25) is 5.78 Å². The van der Waals surface area contributed by atoms with Gasteiger partial charge < -0.3 is 4.98 Å². The Morgan fingerprint density at radius 2 is 2.21 bits per heavy atom. The van der Waals surface area contributed by atoms with Crippen LogP contribution in [-0.2, 0) is 0 Å². The second-order valence-corrected chi connectivity index (χ2v) is 5.77. The highest BCUT2D eigenvalue weighted by Gasteiger charge is 2.18. The van der Waals surface area contributed by atoms with E-state index in [0.717, 1.165) is 15.4 Å². The highest BCUT2D eigenvalue weighted by Crippen LogP contribution is 2.28. The van der Waals surface area contributed by atoms with Gasteiger partial charge in [-0.15, -0.1) is 11.3 Å². The smallest absolute Gasteiger partial charge is 0.206 e. The SMILES string of the molecule is N#Cc1ccc2[nH]cc(C(=O)c3sccc3Br)c2c1. The van der Waals surface area contributed by atoms with Gasteiger partial charge in [0, 0.05) is 27.1 Å². The Morgan fingerprint density at radius 1 is 1.37 bits per heavy atom. The molecule has 3 aromatic rings. The number of aromatic amines is 1. The van der Waals surface area contributed by atoms with E-state index in [1.54, 1.807) is 18.3 Å². The normalized spacial score (nSPS) is 10.5. The number of nitrogens with zero attached hydrogens (tertiary/aromatic N) is 1. The van der Waals surface area contributed by atoms with Crippen molar-refractivity contribution in [1.82, 2.24) is 4.98 Å². The van der Waals surface area contributed by atoms with Gasteiger partial charge in [-0.3, -0.25) is 4.79 Å². The molecule has 0 saturated heterocycles. The van der Waals surface area contributed by atoms with Gasteiger partial charge in [0.05, 0.1) is 16.5 Å². The third-order valence-electron chi connectivity index (χ3n) is 2.88. The van der Waals surface area contributed by atoms with Crippen LogP contribution in [0.5, 0.6) is 0 Å². The number of carbonyl (C=O) groups is 1. The van der Waals surface area contributed by atoms with Gasteiger partial charge in [-0.05, 0) is 45.6 Å². The number of H-pyrrole nitrogens is 1. The Balaban J connectivity index is 2.18. The summed E-state index contributed by atoms with van der Waals surface area (Å²) >= 11 is 4.77. The predicted octanol–water partition coefficient (Wildman–Crippen LogP) is 4.09. The summed E-state index contributed by atoms with van der Waals surface area (Å²) in [4.78, 5) is 16.2. The molecule has 1 aromatic carbocycles. The van der Waals surface area contributed by atoms with Crippen molar-refractivity contribution in [3.63, 3.8) is 0 Å². The quantitative estimate of drug-likeness (QED) is 0.719. The van der Waals surface area contributed by atoms with Crippen LogP contribution in [0.25, 0.3) is 10.9 Å². The lowest BCUT2D eigenvalue weighted by molar-refractivity contribution is 0.104. The van der Waals surface area contributed by atoms with Crippen LogP contribution >= 0.6 is 27.3 Å². The summed E-state index contributed by atoms with van der Waals surface area (Å²) in [6.45, 7) is 0. The number of hydrogen-bond acceptors (Lipinski definition) is 3. The lowest BCUT2D eigenvalue weighted by atomic mass is 10.1. The van der Waals surface area contributed by atoms with Crippen molar-refractivity contribution in [3.8, 4) is 6.07 Å². The van der Waals surface area contributed by atoms with Crippen molar-refractivity contribution in [2.45, 2.75) is 0 Å². The molecule has 0 radical (unpaired) electrons. The highest BCUT2D eigenvalue weighted by atomic mass is 79.9. The summed E-state index contributed by atoms with van der Waals surface area (Å²) in [5, 5.41) is 11.6. The zero-order valence-corrected chi connectivity index (χ0v) is 12.0. The zero-order chi connectivity index (χ0) is 13.4. The molecule has 0 amide bonds. The maximum Gasteiger partial charge on any atom is 0.206 e. The summed E-state index contributed by atoms with van der Waals surface area (Å²) in [5.41, 5.74) is 2.00. The molecule has 0 unspecified atom stereocenters. The molecule has 92 valence electrons. The molecular weight excluding hydrogens is 324 g/mol. The summed E-state index contributed by atoms with van der Waals surface area (Å²) < 4.78 is 0.799. The third kappa shape index (κ3) is 1.99. The molecule has 2 aromatic heterocycles. The summed E-state index contributed by atoms with van der Waals surface area (Å²) in [7, 11) is 0. The highest BCUT2D eigenvalue weighted by molar-refractivity contribution is 9.10. The molecule has 0 aliphatic rings. The predicted molar refractivity (Wildman–Crippen MR) is 78.5 cm³/mol. The molecule has 0 fully saturated rings. The first-order valence-corrected chi connectivity index (χ1v) is 7.17. The Labute approximate surface area is 121 Å². The van der Waals surface area contributed by atoms with Gasteiger partial charge in [-0.2, -0.15) is 5.26 Å². The number of nitrogens with one attached hydrogen (secondary N) is 1. The summed E-state index contributed by atoms with van der Waals surface area (Å²) in [6.07, 6.45) is 1.69. The molecule has 0 bridgehead atoms.